The number of phenols is 1. The third-order valence-electron chi connectivity index (χ3n) is 4.66. The van der Waals surface area contributed by atoms with Crippen molar-refractivity contribution in [3.63, 3.8) is 0 Å². The Morgan fingerprint density at radius 3 is 2.47 bits per heavy atom. The van der Waals surface area contributed by atoms with Crippen molar-refractivity contribution in [2.45, 2.75) is 38.1 Å². The average molecular weight is 459 g/mol. The first-order chi connectivity index (χ1) is 13.7. The molecule has 1 aliphatic rings. The van der Waals surface area contributed by atoms with Crippen molar-refractivity contribution in [1.29, 1.82) is 0 Å². The van der Waals surface area contributed by atoms with E-state index in [0.29, 0.717) is 28.3 Å². The van der Waals surface area contributed by atoms with Crippen LogP contribution in [0.3, 0.4) is 0 Å². The van der Waals surface area contributed by atoms with E-state index < -0.39 is 28.0 Å². The molecule has 30 heavy (non-hydrogen) atoms. The Hall–Kier alpha value is -1.59. The molecule has 8 nitrogen and oxygen atoms in total. The molecule has 0 amide bonds. The van der Waals surface area contributed by atoms with Gasteiger partial charge in [0.2, 0.25) is 0 Å². The number of hydrogen-bond donors (Lipinski definition) is 3. The van der Waals surface area contributed by atoms with Gasteiger partial charge in [0.25, 0.3) is 10.1 Å². The second-order valence-electron chi connectivity index (χ2n) is 8.69. The number of carboxylic acids is 1. The first-order valence-electron chi connectivity index (χ1n) is 9.47. The highest BCUT2D eigenvalue weighted by Crippen LogP contribution is 2.38. The lowest BCUT2D eigenvalue weighted by atomic mass is 9.84. The molecular weight excluding hydrogens is 428 g/mol. The molecule has 1 unspecified atom stereocenters. The van der Waals surface area contributed by atoms with E-state index in [1.54, 1.807) is 18.2 Å². The molecule has 1 aromatic rings. The Morgan fingerprint density at radius 1 is 1.33 bits per heavy atom. The monoisotopic (exact) mass is 458 g/mol. The molecule has 0 saturated carbocycles. The average Bonchev–Trinajstić information content (AvgIpc) is 2.54. The topological polar surface area (TPSA) is 118 Å². The van der Waals surface area contributed by atoms with Crippen molar-refractivity contribution in [3.8, 4) is 5.75 Å². The van der Waals surface area contributed by atoms with Gasteiger partial charge in [-0.2, -0.15) is 8.42 Å². The number of carboxylic acid groups (broad SMARTS) is 1. The number of aliphatic carboxylic acids is 1. The molecule has 1 atom stereocenters. The van der Waals surface area contributed by atoms with Crippen LogP contribution in [0.2, 0.25) is 0 Å². The summed E-state index contributed by atoms with van der Waals surface area (Å²) in [5.74, 6) is -0.462. The van der Waals surface area contributed by atoms with Gasteiger partial charge < -0.3 is 15.1 Å². The maximum absolute atomic E-state index is 12.1. The van der Waals surface area contributed by atoms with Crippen LogP contribution in [0.5, 0.6) is 5.75 Å². The van der Waals surface area contributed by atoms with Crippen LogP contribution < -0.4 is 0 Å². The first kappa shape index (κ1) is 24.7. The van der Waals surface area contributed by atoms with E-state index in [1.807, 2.05) is 39.8 Å². The summed E-state index contributed by atoms with van der Waals surface area (Å²) in [4.78, 5) is 14.7. The molecule has 0 aliphatic carbocycles. The zero-order valence-electron chi connectivity index (χ0n) is 17.9. The lowest BCUT2D eigenvalue weighted by Gasteiger charge is -2.33. The van der Waals surface area contributed by atoms with Crippen LogP contribution in [-0.4, -0.2) is 77.3 Å². The van der Waals surface area contributed by atoms with E-state index >= 15 is 0 Å². The van der Waals surface area contributed by atoms with E-state index in [4.69, 9.17) is 5.11 Å². The van der Waals surface area contributed by atoms with Crippen LogP contribution in [0, 0.1) is 0 Å². The third-order valence-corrected chi connectivity index (χ3v) is 6.98. The number of thioether (sulfide) groups is 1. The smallest absolute Gasteiger partial charge is 0.317 e. The van der Waals surface area contributed by atoms with Crippen molar-refractivity contribution < 1.29 is 28.0 Å². The standard InChI is InChI=1S/C20H30N2O6S2/c1-20(2,3)15-9-13(8-14(18(15)25)11-21(4)5)10-16-19(30(26,27)28)22(6-7-29-16)12-17(23)24/h8-10,19,25H,6-7,11-12H2,1-5H3,(H,23,24)(H,26,27,28). The van der Waals surface area contributed by atoms with Crippen LogP contribution >= 0.6 is 11.8 Å². The highest BCUT2D eigenvalue weighted by molar-refractivity contribution is 8.04. The minimum atomic E-state index is -4.55. The number of benzene rings is 1. The van der Waals surface area contributed by atoms with E-state index in [0.717, 1.165) is 5.56 Å². The summed E-state index contributed by atoms with van der Waals surface area (Å²) >= 11 is 1.28. The molecule has 0 radical (unpaired) electrons. The summed E-state index contributed by atoms with van der Waals surface area (Å²) in [5, 5.41) is 18.5. The predicted octanol–water partition coefficient (Wildman–Crippen LogP) is 2.44. The lowest BCUT2D eigenvalue weighted by molar-refractivity contribution is -0.138. The Bertz CT molecular complexity index is 935. The highest BCUT2D eigenvalue weighted by atomic mass is 32.2. The van der Waals surface area contributed by atoms with E-state index in [2.05, 4.69) is 0 Å². The molecule has 0 aromatic heterocycles. The van der Waals surface area contributed by atoms with Gasteiger partial charge in [0, 0.05) is 34.9 Å². The van der Waals surface area contributed by atoms with Gasteiger partial charge in [0.15, 0.2) is 5.37 Å². The summed E-state index contributed by atoms with van der Waals surface area (Å²) in [6, 6.07) is 3.59. The van der Waals surface area contributed by atoms with Gasteiger partial charge in [-0.05, 0) is 43.3 Å². The molecule has 10 heteroatoms. The van der Waals surface area contributed by atoms with Gasteiger partial charge in [0.05, 0.1) is 6.54 Å². The molecule has 1 aromatic carbocycles. The van der Waals surface area contributed by atoms with Crippen molar-refractivity contribution in [2.24, 2.45) is 0 Å². The number of hydrogen-bond acceptors (Lipinski definition) is 7. The Morgan fingerprint density at radius 2 is 1.97 bits per heavy atom. The summed E-state index contributed by atoms with van der Waals surface area (Å²) < 4.78 is 34.0. The number of carbonyl (C=O) groups is 1. The fraction of sp³-hybridized carbons (Fsp3) is 0.550. The van der Waals surface area contributed by atoms with Gasteiger partial charge in [-0.15, -0.1) is 11.8 Å². The Balaban J connectivity index is 2.62. The first-order valence-corrected chi connectivity index (χ1v) is 12.0. The second kappa shape index (κ2) is 9.27. The van der Waals surface area contributed by atoms with Gasteiger partial charge >= 0.3 is 5.97 Å². The van der Waals surface area contributed by atoms with Crippen LogP contribution in [0.4, 0.5) is 0 Å². The van der Waals surface area contributed by atoms with E-state index in [1.165, 1.54) is 16.7 Å². The van der Waals surface area contributed by atoms with E-state index in [-0.39, 0.29) is 17.7 Å². The zero-order valence-corrected chi connectivity index (χ0v) is 19.5. The minimum Gasteiger partial charge on any atom is -0.507 e. The highest BCUT2D eigenvalue weighted by Gasteiger charge is 2.38. The van der Waals surface area contributed by atoms with Gasteiger partial charge in [-0.1, -0.05) is 20.8 Å². The number of aromatic hydroxyl groups is 1. The SMILES string of the molecule is CN(C)Cc1cc(C=C2SCCN(CC(=O)O)C2S(=O)(=O)O)cc(C(C)(C)C)c1O. The molecule has 1 fully saturated rings. The fourth-order valence-electron chi connectivity index (χ4n) is 3.43. The predicted molar refractivity (Wildman–Crippen MR) is 119 cm³/mol. The molecule has 1 heterocycles. The lowest BCUT2D eigenvalue weighted by Crippen LogP contribution is -2.47. The van der Waals surface area contributed by atoms with Crippen LogP contribution in [-0.2, 0) is 26.9 Å². The third kappa shape index (κ3) is 6.21. The van der Waals surface area contributed by atoms with Crippen LogP contribution in [0.15, 0.2) is 17.0 Å². The maximum atomic E-state index is 12.1. The molecule has 168 valence electrons. The van der Waals surface area contributed by atoms with Crippen molar-refractivity contribution >= 4 is 33.9 Å². The van der Waals surface area contributed by atoms with Crippen molar-refractivity contribution in [2.75, 3.05) is 32.9 Å². The molecule has 2 rings (SSSR count). The van der Waals surface area contributed by atoms with Gasteiger partial charge in [-0.25, -0.2) is 0 Å². The molecule has 0 spiro atoms. The molecule has 0 bridgehead atoms. The quantitative estimate of drug-likeness (QED) is 0.552. The van der Waals surface area contributed by atoms with Gasteiger partial charge in [-0.3, -0.25) is 14.2 Å². The largest absolute Gasteiger partial charge is 0.507 e. The molecular formula is C20H30N2O6S2. The molecule has 1 aliphatic heterocycles. The summed E-state index contributed by atoms with van der Waals surface area (Å²) in [6.07, 6.45) is 1.66. The summed E-state index contributed by atoms with van der Waals surface area (Å²) in [5.41, 5.74) is 1.76. The number of phenolic OH excluding ortho intramolecular Hbond substituents is 1. The van der Waals surface area contributed by atoms with Gasteiger partial charge in [0.1, 0.15) is 5.75 Å². The Labute approximate surface area is 182 Å². The maximum Gasteiger partial charge on any atom is 0.317 e. The molecule has 1 saturated heterocycles. The van der Waals surface area contributed by atoms with E-state index in [9.17, 15) is 22.9 Å². The normalized spacial score (nSPS) is 20.1. The number of rotatable bonds is 6. The minimum absolute atomic E-state index is 0.202. The zero-order chi connectivity index (χ0) is 22.9. The molecule has 3 N–H and O–H groups in total. The number of nitrogens with zero attached hydrogens (tertiary/aromatic N) is 2. The van der Waals surface area contributed by atoms with Crippen molar-refractivity contribution in [3.05, 3.63) is 33.7 Å². The van der Waals surface area contributed by atoms with Crippen molar-refractivity contribution in [1.82, 2.24) is 9.80 Å². The van der Waals surface area contributed by atoms with Crippen LogP contribution in [0.25, 0.3) is 6.08 Å². The Kier molecular flexibility index (Phi) is 7.63. The summed E-state index contributed by atoms with van der Waals surface area (Å²) in [6.45, 7) is 6.16. The second-order valence-corrected chi connectivity index (χ2v) is 11.3. The fourth-order valence-corrected chi connectivity index (χ4v) is 5.99. The van der Waals surface area contributed by atoms with Crippen LogP contribution in [0.1, 0.15) is 37.5 Å². The summed E-state index contributed by atoms with van der Waals surface area (Å²) in [7, 11) is -0.779.